The van der Waals surface area contributed by atoms with E-state index in [-0.39, 0.29) is 11.2 Å². The van der Waals surface area contributed by atoms with E-state index in [2.05, 4.69) is 32.9 Å². The SMILES string of the molecule is CCc1nn(Cc2ccccc2)c2c1C(=O)CC(C)(C)C2. The van der Waals surface area contributed by atoms with Crippen molar-refractivity contribution in [3.05, 3.63) is 52.8 Å². The van der Waals surface area contributed by atoms with Crippen LogP contribution in [0.2, 0.25) is 0 Å². The molecule has 0 atom stereocenters. The first-order valence-electron chi connectivity index (χ1n) is 7.66. The molecule has 1 aliphatic rings. The van der Waals surface area contributed by atoms with Crippen molar-refractivity contribution in [1.29, 1.82) is 0 Å². The Balaban J connectivity index is 2.04. The normalized spacial score (nSPS) is 16.8. The number of benzene rings is 1. The van der Waals surface area contributed by atoms with Crippen molar-refractivity contribution in [2.75, 3.05) is 0 Å². The number of hydrogen-bond donors (Lipinski definition) is 0. The number of carbonyl (C=O) groups excluding carboxylic acids is 1. The number of rotatable bonds is 3. The van der Waals surface area contributed by atoms with E-state index in [1.807, 2.05) is 22.9 Å². The molecule has 0 amide bonds. The van der Waals surface area contributed by atoms with Gasteiger partial charge in [0.2, 0.25) is 0 Å². The van der Waals surface area contributed by atoms with Crippen LogP contribution in [0.15, 0.2) is 30.3 Å². The van der Waals surface area contributed by atoms with Gasteiger partial charge in [0.15, 0.2) is 5.78 Å². The van der Waals surface area contributed by atoms with Crippen LogP contribution < -0.4 is 0 Å². The van der Waals surface area contributed by atoms with Crippen molar-refractivity contribution in [2.45, 2.75) is 46.6 Å². The molecule has 0 saturated heterocycles. The summed E-state index contributed by atoms with van der Waals surface area (Å²) in [6.45, 7) is 7.15. The second-order valence-corrected chi connectivity index (χ2v) is 6.71. The highest BCUT2D eigenvalue weighted by atomic mass is 16.1. The summed E-state index contributed by atoms with van der Waals surface area (Å²) < 4.78 is 2.04. The van der Waals surface area contributed by atoms with Gasteiger partial charge < -0.3 is 0 Å². The lowest BCUT2D eigenvalue weighted by atomic mass is 9.75. The van der Waals surface area contributed by atoms with Crippen LogP contribution in [0.5, 0.6) is 0 Å². The van der Waals surface area contributed by atoms with Gasteiger partial charge in [-0.05, 0) is 23.8 Å². The van der Waals surface area contributed by atoms with Crippen LogP contribution in [0.4, 0.5) is 0 Å². The molecule has 0 fully saturated rings. The molecule has 1 aromatic carbocycles. The molecule has 0 unspecified atom stereocenters. The highest BCUT2D eigenvalue weighted by molar-refractivity contribution is 5.99. The Bertz CT molecular complexity index is 668. The van der Waals surface area contributed by atoms with Gasteiger partial charge in [0, 0.05) is 6.42 Å². The van der Waals surface area contributed by atoms with Gasteiger partial charge in [-0.15, -0.1) is 0 Å². The van der Waals surface area contributed by atoms with Gasteiger partial charge >= 0.3 is 0 Å². The van der Waals surface area contributed by atoms with Gasteiger partial charge in [0.1, 0.15) is 0 Å². The molecular weight excluding hydrogens is 260 g/mol. The molecule has 1 aromatic heterocycles. The van der Waals surface area contributed by atoms with E-state index in [4.69, 9.17) is 5.10 Å². The van der Waals surface area contributed by atoms with Crippen molar-refractivity contribution in [1.82, 2.24) is 9.78 Å². The van der Waals surface area contributed by atoms with Crippen LogP contribution in [-0.2, 0) is 19.4 Å². The summed E-state index contributed by atoms with van der Waals surface area (Å²) >= 11 is 0. The second kappa shape index (κ2) is 5.14. The van der Waals surface area contributed by atoms with Crippen molar-refractivity contribution in [3.63, 3.8) is 0 Å². The molecule has 0 spiro atoms. The molecule has 2 aromatic rings. The lowest BCUT2D eigenvalue weighted by Crippen LogP contribution is -2.28. The molecule has 0 aliphatic heterocycles. The molecule has 0 radical (unpaired) electrons. The van der Waals surface area contributed by atoms with Crippen LogP contribution in [0.1, 0.15) is 54.5 Å². The number of ketones is 1. The van der Waals surface area contributed by atoms with Gasteiger partial charge in [-0.3, -0.25) is 9.48 Å². The number of aromatic nitrogens is 2. The second-order valence-electron chi connectivity index (χ2n) is 6.71. The quantitative estimate of drug-likeness (QED) is 0.861. The first-order valence-corrected chi connectivity index (χ1v) is 7.66. The summed E-state index contributed by atoms with van der Waals surface area (Å²) in [4.78, 5) is 12.5. The van der Waals surface area contributed by atoms with Crippen LogP contribution in [-0.4, -0.2) is 15.6 Å². The summed E-state index contributed by atoms with van der Waals surface area (Å²) in [5.74, 6) is 0.261. The van der Waals surface area contributed by atoms with E-state index in [1.54, 1.807) is 0 Å². The fraction of sp³-hybridized carbons (Fsp3) is 0.444. The van der Waals surface area contributed by atoms with Crippen LogP contribution in [0, 0.1) is 5.41 Å². The van der Waals surface area contributed by atoms with Crippen LogP contribution >= 0.6 is 0 Å². The maximum atomic E-state index is 12.5. The highest BCUT2D eigenvalue weighted by Gasteiger charge is 2.35. The molecule has 1 aliphatic carbocycles. The Hall–Kier alpha value is -1.90. The Morgan fingerprint density at radius 2 is 1.90 bits per heavy atom. The number of aryl methyl sites for hydroxylation is 1. The minimum absolute atomic E-state index is 0.0313. The van der Waals surface area contributed by atoms with Crippen molar-refractivity contribution >= 4 is 5.78 Å². The number of carbonyl (C=O) groups is 1. The molecule has 0 saturated carbocycles. The summed E-state index contributed by atoms with van der Waals surface area (Å²) in [5, 5.41) is 4.72. The molecule has 1 heterocycles. The third-order valence-corrected chi connectivity index (χ3v) is 4.20. The van der Waals surface area contributed by atoms with E-state index < -0.39 is 0 Å². The Labute approximate surface area is 126 Å². The average Bonchev–Trinajstić information content (AvgIpc) is 2.77. The zero-order valence-corrected chi connectivity index (χ0v) is 13.0. The standard InChI is InChI=1S/C18H22N2O/c1-4-14-17-15(10-18(2,3)11-16(17)21)20(19-14)12-13-8-6-5-7-9-13/h5-9H,4,10-12H2,1-3H3. The van der Waals surface area contributed by atoms with Gasteiger partial charge in [-0.1, -0.05) is 51.1 Å². The molecule has 3 rings (SSSR count). The number of nitrogens with zero attached hydrogens (tertiary/aromatic N) is 2. The number of Topliss-reactive ketones (excluding diaryl/α,β-unsaturated/α-hetero) is 1. The van der Waals surface area contributed by atoms with E-state index in [0.717, 1.165) is 36.3 Å². The lowest BCUT2D eigenvalue weighted by Gasteiger charge is -2.29. The Morgan fingerprint density at radius 3 is 2.57 bits per heavy atom. The smallest absolute Gasteiger partial charge is 0.167 e. The zero-order valence-electron chi connectivity index (χ0n) is 13.0. The molecule has 0 N–H and O–H groups in total. The molecule has 21 heavy (non-hydrogen) atoms. The maximum Gasteiger partial charge on any atom is 0.167 e. The summed E-state index contributed by atoms with van der Waals surface area (Å²) in [5.41, 5.74) is 4.23. The number of hydrogen-bond acceptors (Lipinski definition) is 2. The van der Waals surface area contributed by atoms with Crippen molar-refractivity contribution in [3.8, 4) is 0 Å². The summed E-state index contributed by atoms with van der Waals surface area (Å²) in [6.07, 6.45) is 2.37. The van der Waals surface area contributed by atoms with E-state index in [9.17, 15) is 4.79 Å². The largest absolute Gasteiger partial charge is 0.294 e. The van der Waals surface area contributed by atoms with Crippen LogP contribution in [0.3, 0.4) is 0 Å². The van der Waals surface area contributed by atoms with Gasteiger partial charge in [0.05, 0.1) is 23.5 Å². The molecule has 110 valence electrons. The average molecular weight is 282 g/mol. The first kappa shape index (κ1) is 14.1. The molecule has 3 nitrogen and oxygen atoms in total. The third-order valence-electron chi connectivity index (χ3n) is 4.20. The maximum absolute atomic E-state index is 12.5. The number of fused-ring (bicyclic) bond motifs is 1. The van der Waals surface area contributed by atoms with E-state index >= 15 is 0 Å². The predicted octanol–water partition coefficient (Wildman–Crippen LogP) is 3.65. The highest BCUT2D eigenvalue weighted by Crippen LogP contribution is 2.36. The van der Waals surface area contributed by atoms with Crippen molar-refractivity contribution in [2.24, 2.45) is 5.41 Å². The van der Waals surface area contributed by atoms with Gasteiger partial charge in [-0.2, -0.15) is 5.10 Å². The fourth-order valence-corrected chi connectivity index (χ4v) is 3.23. The van der Waals surface area contributed by atoms with Crippen molar-refractivity contribution < 1.29 is 4.79 Å². The summed E-state index contributed by atoms with van der Waals surface area (Å²) in [6, 6.07) is 10.3. The Morgan fingerprint density at radius 1 is 1.19 bits per heavy atom. The van der Waals surface area contributed by atoms with E-state index in [1.165, 1.54) is 5.56 Å². The topological polar surface area (TPSA) is 34.9 Å². The minimum atomic E-state index is 0.0313. The molecule has 0 bridgehead atoms. The molecular formula is C18H22N2O. The first-order chi connectivity index (χ1) is 10.00. The fourth-order valence-electron chi connectivity index (χ4n) is 3.23. The molecule has 3 heteroatoms. The summed E-state index contributed by atoms with van der Waals surface area (Å²) in [7, 11) is 0. The monoisotopic (exact) mass is 282 g/mol. The van der Waals surface area contributed by atoms with E-state index in [0.29, 0.717) is 6.42 Å². The van der Waals surface area contributed by atoms with Gasteiger partial charge in [0.25, 0.3) is 0 Å². The lowest BCUT2D eigenvalue weighted by molar-refractivity contribution is 0.0909. The third kappa shape index (κ3) is 2.65. The van der Waals surface area contributed by atoms with Crippen LogP contribution in [0.25, 0.3) is 0 Å². The predicted molar refractivity (Wildman–Crippen MR) is 83.6 cm³/mol. The zero-order chi connectivity index (χ0) is 15.0. The minimum Gasteiger partial charge on any atom is -0.294 e. The Kier molecular flexibility index (Phi) is 3.44. The van der Waals surface area contributed by atoms with Gasteiger partial charge in [-0.25, -0.2) is 0 Å².